The SMILES string of the molecule is Nc1ncc(Br)cc1S(=O)(=O)Nc1ccc2ncsc2c1. The molecule has 21 heavy (non-hydrogen) atoms. The fourth-order valence-electron chi connectivity index (χ4n) is 1.78. The number of anilines is 2. The monoisotopic (exact) mass is 384 g/mol. The zero-order valence-corrected chi connectivity index (χ0v) is 13.7. The number of nitrogens with one attached hydrogen (secondary N) is 1. The van der Waals surface area contributed by atoms with E-state index in [1.807, 2.05) is 0 Å². The number of thiazole rings is 1. The van der Waals surface area contributed by atoms with Gasteiger partial charge in [0.25, 0.3) is 10.0 Å². The van der Waals surface area contributed by atoms with Gasteiger partial charge in [-0.1, -0.05) is 0 Å². The van der Waals surface area contributed by atoms with Crippen LogP contribution in [0.3, 0.4) is 0 Å². The zero-order chi connectivity index (χ0) is 15.0. The standard InChI is InChI=1S/C12H9BrN4O2S2/c13-7-3-11(12(14)15-5-7)21(18,19)17-8-1-2-9-10(4-8)20-6-16-9/h1-6,17H,(H2,14,15). The Bertz CT molecular complexity index is 924. The first kappa shape index (κ1) is 14.2. The van der Waals surface area contributed by atoms with Crippen LogP contribution in [-0.2, 0) is 10.0 Å². The normalized spacial score (nSPS) is 11.7. The van der Waals surface area contributed by atoms with Crippen molar-refractivity contribution in [3.8, 4) is 0 Å². The van der Waals surface area contributed by atoms with Crippen LogP contribution in [0.2, 0.25) is 0 Å². The summed E-state index contributed by atoms with van der Waals surface area (Å²) >= 11 is 4.62. The van der Waals surface area contributed by atoms with Crippen molar-refractivity contribution >= 4 is 59.0 Å². The second-order valence-corrected chi connectivity index (χ2v) is 7.63. The van der Waals surface area contributed by atoms with Gasteiger partial charge in [0, 0.05) is 10.7 Å². The number of hydrogen-bond donors (Lipinski definition) is 2. The van der Waals surface area contributed by atoms with Crippen LogP contribution in [-0.4, -0.2) is 18.4 Å². The zero-order valence-electron chi connectivity index (χ0n) is 10.4. The van der Waals surface area contributed by atoms with Crippen LogP contribution in [0, 0.1) is 0 Å². The highest BCUT2D eigenvalue weighted by molar-refractivity contribution is 9.10. The summed E-state index contributed by atoms with van der Waals surface area (Å²) in [6, 6.07) is 6.55. The average Bonchev–Trinajstić information content (AvgIpc) is 2.88. The molecule has 2 heterocycles. The van der Waals surface area contributed by atoms with Gasteiger partial charge in [0.05, 0.1) is 21.4 Å². The molecule has 0 saturated carbocycles. The molecule has 9 heteroatoms. The van der Waals surface area contributed by atoms with Crippen molar-refractivity contribution in [3.05, 3.63) is 40.4 Å². The van der Waals surface area contributed by atoms with E-state index in [-0.39, 0.29) is 10.7 Å². The Balaban J connectivity index is 2.00. The predicted molar refractivity (Wildman–Crippen MR) is 86.8 cm³/mol. The lowest BCUT2D eigenvalue weighted by Gasteiger charge is -2.10. The van der Waals surface area contributed by atoms with Crippen LogP contribution < -0.4 is 10.5 Å². The van der Waals surface area contributed by atoms with Crippen molar-refractivity contribution in [1.82, 2.24) is 9.97 Å². The van der Waals surface area contributed by atoms with Crippen molar-refractivity contribution in [1.29, 1.82) is 0 Å². The molecule has 0 atom stereocenters. The van der Waals surface area contributed by atoms with Gasteiger partial charge in [-0.15, -0.1) is 11.3 Å². The van der Waals surface area contributed by atoms with Crippen LogP contribution in [0.15, 0.2) is 45.3 Å². The molecular formula is C12H9BrN4O2S2. The molecule has 3 N–H and O–H groups in total. The summed E-state index contributed by atoms with van der Waals surface area (Å²) in [4.78, 5) is 7.91. The Labute approximate surface area is 133 Å². The number of sulfonamides is 1. The Morgan fingerprint density at radius 3 is 2.86 bits per heavy atom. The van der Waals surface area contributed by atoms with E-state index in [1.165, 1.54) is 23.6 Å². The van der Waals surface area contributed by atoms with Crippen molar-refractivity contribution in [3.63, 3.8) is 0 Å². The molecule has 1 aromatic carbocycles. The van der Waals surface area contributed by atoms with Crippen LogP contribution >= 0.6 is 27.3 Å². The van der Waals surface area contributed by atoms with E-state index in [1.54, 1.807) is 23.7 Å². The first-order valence-corrected chi connectivity index (χ1v) is 8.88. The maximum atomic E-state index is 12.4. The van der Waals surface area contributed by atoms with Gasteiger partial charge in [-0.3, -0.25) is 4.72 Å². The molecule has 0 bridgehead atoms. The fraction of sp³-hybridized carbons (Fsp3) is 0. The van der Waals surface area contributed by atoms with Gasteiger partial charge in [0.1, 0.15) is 10.7 Å². The third-order valence-electron chi connectivity index (χ3n) is 2.72. The molecule has 0 amide bonds. The number of pyridine rings is 1. The van der Waals surface area contributed by atoms with Crippen molar-refractivity contribution in [2.45, 2.75) is 4.90 Å². The first-order valence-electron chi connectivity index (χ1n) is 5.73. The molecule has 0 spiro atoms. The molecule has 3 aromatic rings. The first-order chi connectivity index (χ1) is 9.95. The Morgan fingerprint density at radius 2 is 2.05 bits per heavy atom. The van der Waals surface area contributed by atoms with E-state index in [2.05, 4.69) is 30.6 Å². The third-order valence-corrected chi connectivity index (χ3v) is 5.36. The second kappa shape index (κ2) is 5.24. The minimum atomic E-state index is -3.80. The van der Waals surface area contributed by atoms with Gasteiger partial charge in [-0.25, -0.2) is 18.4 Å². The Kier molecular flexibility index (Phi) is 3.56. The van der Waals surface area contributed by atoms with Crippen LogP contribution in [0.5, 0.6) is 0 Å². The second-order valence-electron chi connectivity index (χ2n) is 4.18. The highest BCUT2D eigenvalue weighted by Crippen LogP contribution is 2.26. The summed E-state index contributed by atoms with van der Waals surface area (Å²) in [7, 11) is -3.80. The molecule has 0 aliphatic rings. The predicted octanol–water partition coefficient (Wildman–Crippen LogP) is 2.84. The largest absolute Gasteiger partial charge is 0.383 e. The molecule has 2 aromatic heterocycles. The van der Waals surface area contributed by atoms with E-state index in [0.29, 0.717) is 10.2 Å². The number of benzene rings is 1. The summed E-state index contributed by atoms with van der Waals surface area (Å²) in [6.07, 6.45) is 1.44. The van der Waals surface area contributed by atoms with E-state index in [0.717, 1.165) is 10.2 Å². The van der Waals surface area contributed by atoms with Crippen LogP contribution in [0.4, 0.5) is 11.5 Å². The van der Waals surface area contributed by atoms with Crippen molar-refractivity contribution in [2.75, 3.05) is 10.5 Å². The molecule has 0 aliphatic carbocycles. The van der Waals surface area contributed by atoms with Crippen molar-refractivity contribution in [2.24, 2.45) is 0 Å². The maximum absolute atomic E-state index is 12.4. The lowest BCUT2D eigenvalue weighted by atomic mass is 10.3. The molecule has 3 rings (SSSR count). The molecule has 0 radical (unpaired) electrons. The number of nitrogens with zero attached hydrogens (tertiary/aromatic N) is 2. The number of fused-ring (bicyclic) bond motifs is 1. The molecule has 0 aliphatic heterocycles. The topological polar surface area (TPSA) is 98.0 Å². The summed E-state index contributed by atoms with van der Waals surface area (Å²) in [5.41, 5.74) is 8.63. The van der Waals surface area contributed by atoms with Crippen molar-refractivity contribution < 1.29 is 8.42 Å². The smallest absolute Gasteiger partial charge is 0.265 e. The highest BCUT2D eigenvalue weighted by Gasteiger charge is 2.19. The van der Waals surface area contributed by atoms with Gasteiger partial charge in [-0.2, -0.15) is 0 Å². The van der Waals surface area contributed by atoms with Crippen LogP contribution in [0.25, 0.3) is 10.2 Å². The minimum absolute atomic E-state index is 0.0513. The van der Waals surface area contributed by atoms with E-state index < -0.39 is 10.0 Å². The summed E-state index contributed by atoms with van der Waals surface area (Å²) < 4.78 is 28.7. The molecule has 108 valence electrons. The molecular weight excluding hydrogens is 376 g/mol. The van der Waals surface area contributed by atoms with Crippen LogP contribution in [0.1, 0.15) is 0 Å². The van der Waals surface area contributed by atoms with Gasteiger partial charge < -0.3 is 5.73 Å². The summed E-state index contributed by atoms with van der Waals surface area (Å²) in [5.74, 6) is -0.0513. The molecule has 6 nitrogen and oxygen atoms in total. The Morgan fingerprint density at radius 1 is 1.24 bits per heavy atom. The maximum Gasteiger partial charge on any atom is 0.265 e. The van der Waals surface area contributed by atoms with E-state index in [4.69, 9.17) is 5.73 Å². The average molecular weight is 385 g/mol. The fourth-order valence-corrected chi connectivity index (χ4v) is 4.13. The quantitative estimate of drug-likeness (QED) is 0.723. The lowest BCUT2D eigenvalue weighted by Crippen LogP contribution is -2.15. The minimum Gasteiger partial charge on any atom is -0.383 e. The summed E-state index contributed by atoms with van der Waals surface area (Å²) in [5, 5.41) is 0. The van der Waals surface area contributed by atoms with Gasteiger partial charge in [0.15, 0.2) is 0 Å². The molecule has 0 unspecified atom stereocenters. The third kappa shape index (κ3) is 2.85. The van der Waals surface area contributed by atoms with E-state index in [9.17, 15) is 8.42 Å². The Hall–Kier alpha value is -1.71. The van der Waals surface area contributed by atoms with Gasteiger partial charge in [0.2, 0.25) is 0 Å². The molecule has 0 saturated heterocycles. The van der Waals surface area contributed by atoms with Gasteiger partial charge in [-0.05, 0) is 40.2 Å². The number of nitrogens with two attached hydrogens (primary N) is 1. The lowest BCUT2D eigenvalue weighted by molar-refractivity contribution is 0.601. The highest BCUT2D eigenvalue weighted by atomic mass is 79.9. The number of nitrogen functional groups attached to an aromatic ring is 1. The number of rotatable bonds is 3. The summed E-state index contributed by atoms with van der Waals surface area (Å²) in [6.45, 7) is 0. The van der Waals surface area contributed by atoms with E-state index >= 15 is 0 Å². The number of aromatic nitrogens is 2. The number of hydrogen-bond acceptors (Lipinski definition) is 6. The van der Waals surface area contributed by atoms with Gasteiger partial charge >= 0.3 is 0 Å². The molecule has 0 fully saturated rings. The number of halogens is 1.